The van der Waals surface area contributed by atoms with Crippen LogP contribution in [0.15, 0.2) is 48.5 Å². The molecule has 2 heteroatoms. The largest absolute Gasteiger partial charge is 0.327 e. The number of fused-ring (bicyclic) bond motifs is 1. The molecular weight excluding hydrogens is 244 g/mol. The van der Waals surface area contributed by atoms with Crippen molar-refractivity contribution in [1.29, 1.82) is 5.26 Å². The summed E-state index contributed by atoms with van der Waals surface area (Å²) in [6.45, 7) is 0. The third kappa shape index (κ3) is 2.45. The average Bonchev–Trinajstić information content (AvgIpc) is 2.51. The molecule has 0 radical (unpaired) electrons. The second-order valence-electron chi connectivity index (χ2n) is 5.52. The second kappa shape index (κ2) is 5.48. The molecule has 0 fully saturated rings. The zero-order valence-corrected chi connectivity index (χ0v) is 11.4. The van der Waals surface area contributed by atoms with E-state index in [1.807, 2.05) is 18.2 Å². The van der Waals surface area contributed by atoms with Crippen LogP contribution in [0.25, 0.3) is 0 Å². The van der Waals surface area contributed by atoms with Crippen LogP contribution in [-0.4, -0.2) is 6.04 Å². The molecule has 2 aromatic carbocycles. The fourth-order valence-electron chi connectivity index (χ4n) is 3.12. The number of nitriles is 1. The van der Waals surface area contributed by atoms with Crippen molar-refractivity contribution in [3.63, 3.8) is 0 Å². The van der Waals surface area contributed by atoms with E-state index in [0.717, 1.165) is 24.8 Å². The van der Waals surface area contributed by atoms with Gasteiger partial charge in [0.1, 0.15) is 0 Å². The monoisotopic (exact) mass is 262 g/mol. The Balaban J connectivity index is 1.97. The maximum atomic E-state index is 9.10. The number of rotatable bonds is 2. The molecule has 1 aliphatic rings. The lowest BCUT2D eigenvalue weighted by Crippen LogP contribution is -2.34. The summed E-state index contributed by atoms with van der Waals surface area (Å²) in [6.07, 6.45) is 2.99. The van der Waals surface area contributed by atoms with E-state index in [1.165, 1.54) is 16.7 Å². The molecule has 0 saturated heterocycles. The van der Waals surface area contributed by atoms with Crippen molar-refractivity contribution in [2.45, 2.75) is 31.2 Å². The molecule has 0 saturated carbocycles. The second-order valence-corrected chi connectivity index (χ2v) is 5.52. The van der Waals surface area contributed by atoms with E-state index < -0.39 is 0 Å². The quantitative estimate of drug-likeness (QED) is 0.903. The Kier molecular flexibility index (Phi) is 3.54. The van der Waals surface area contributed by atoms with E-state index in [4.69, 9.17) is 11.0 Å². The zero-order chi connectivity index (χ0) is 13.9. The van der Waals surface area contributed by atoms with Gasteiger partial charge in [-0.1, -0.05) is 36.4 Å². The number of nitrogens with two attached hydrogens (primary N) is 1. The third-order valence-electron chi connectivity index (χ3n) is 4.24. The minimum absolute atomic E-state index is 0.177. The number of nitrogens with zero attached hydrogens (tertiary/aromatic N) is 1. The van der Waals surface area contributed by atoms with E-state index in [-0.39, 0.29) is 6.04 Å². The predicted molar refractivity (Wildman–Crippen MR) is 80.3 cm³/mol. The fraction of sp³-hybridized carbons (Fsp3) is 0.278. The fourth-order valence-corrected chi connectivity index (χ4v) is 3.12. The van der Waals surface area contributed by atoms with Crippen molar-refractivity contribution in [3.8, 4) is 6.07 Å². The van der Waals surface area contributed by atoms with Gasteiger partial charge in [0.2, 0.25) is 0 Å². The number of hydrogen-bond acceptors (Lipinski definition) is 2. The van der Waals surface area contributed by atoms with Crippen molar-refractivity contribution in [2.75, 3.05) is 0 Å². The van der Waals surface area contributed by atoms with Gasteiger partial charge in [0.25, 0.3) is 0 Å². The van der Waals surface area contributed by atoms with Gasteiger partial charge in [-0.2, -0.15) is 5.26 Å². The van der Waals surface area contributed by atoms with Crippen LogP contribution < -0.4 is 5.73 Å². The molecule has 100 valence electrons. The molecule has 0 amide bonds. The standard InChI is InChI=1S/C18H18N2/c19-12-14-6-7-15-8-9-18(20)17(16(15)11-14)10-13-4-2-1-3-5-13/h1-7,11,17-18H,8-10,20H2. The Hall–Kier alpha value is -2.11. The summed E-state index contributed by atoms with van der Waals surface area (Å²) in [5.74, 6) is 0.314. The Morgan fingerprint density at radius 1 is 1.15 bits per heavy atom. The van der Waals surface area contributed by atoms with Crippen molar-refractivity contribution < 1.29 is 0 Å². The van der Waals surface area contributed by atoms with Gasteiger partial charge < -0.3 is 5.73 Å². The summed E-state index contributed by atoms with van der Waals surface area (Å²) < 4.78 is 0. The van der Waals surface area contributed by atoms with E-state index in [2.05, 4.69) is 36.4 Å². The first-order valence-corrected chi connectivity index (χ1v) is 7.10. The molecule has 0 aliphatic heterocycles. The van der Waals surface area contributed by atoms with Crippen LogP contribution in [0.5, 0.6) is 0 Å². The minimum atomic E-state index is 0.177. The predicted octanol–water partition coefficient (Wildman–Crippen LogP) is 3.16. The Bertz CT molecular complexity index is 640. The maximum Gasteiger partial charge on any atom is 0.0991 e. The molecule has 2 atom stereocenters. The highest BCUT2D eigenvalue weighted by atomic mass is 14.7. The summed E-state index contributed by atoms with van der Waals surface area (Å²) >= 11 is 0. The van der Waals surface area contributed by atoms with Crippen LogP contribution in [0.2, 0.25) is 0 Å². The van der Waals surface area contributed by atoms with Crippen LogP contribution >= 0.6 is 0 Å². The van der Waals surface area contributed by atoms with E-state index in [0.29, 0.717) is 5.92 Å². The van der Waals surface area contributed by atoms with Crippen molar-refractivity contribution in [2.24, 2.45) is 5.73 Å². The molecule has 2 unspecified atom stereocenters. The number of benzene rings is 2. The molecule has 20 heavy (non-hydrogen) atoms. The van der Waals surface area contributed by atoms with Gasteiger partial charge in [0.15, 0.2) is 0 Å². The van der Waals surface area contributed by atoms with E-state index in [1.54, 1.807) is 0 Å². The smallest absolute Gasteiger partial charge is 0.0991 e. The lowest BCUT2D eigenvalue weighted by Gasteiger charge is -2.31. The van der Waals surface area contributed by atoms with Gasteiger partial charge in [0.05, 0.1) is 11.6 Å². The lowest BCUT2D eigenvalue weighted by atomic mass is 9.76. The van der Waals surface area contributed by atoms with Gasteiger partial charge in [-0.3, -0.25) is 0 Å². The SMILES string of the molecule is N#Cc1ccc2c(c1)C(Cc1ccccc1)C(N)CC2. The van der Waals surface area contributed by atoms with Gasteiger partial charge in [-0.25, -0.2) is 0 Å². The average molecular weight is 262 g/mol. The molecule has 2 N–H and O–H groups in total. The van der Waals surface area contributed by atoms with Crippen LogP contribution in [-0.2, 0) is 12.8 Å². The van der Waals surface area contributed by atoms with Crippen molar-refractivity contribution >= 4 is 0 Å². The Morgan fingerprint density at radius 3 is 2.70 bits per heavy atom. The number of aryl methyl sites for hydroxylation is 1. The summed E-state index contributed by atoms with van der Waals surface area (Å²) in [7, 11) is 0. The third-order valence-corrected chi connectivity index (χ3v) is 4.24. The van der Waals surface area contributed by atoms with Crippen LogP contribution in [0.3, 0.4) is 0 Å². The summed E-state index contributed by atoms with van der Waals surface area (Å²) in [4.78, 5) is 0. The molecule has 0 bridgehead atoms. The highest BCUT2D eigenvalue weighted by Gasteiger charge is 2.27. The van der Waals surface area contributed by atoms with Crippen LogP contribution in [0, 0.1) is 11.3 Å². The summed E-state index contributed by atoms with van der Waals surface area (Å²) in [5, 5.41) is 9.10. The molecule has 0 aromatic heterocycles. The minimum Gasteiger partial charge on any atom is -0.327 e. The molecule has 0 heterocycles. The Labute approximate surface area is 119 Å². The topological polar surface area (TPSA) is 49.8 Å². The highest BCUT2D eigenvalue weighted by Crippen LogP contribution is 2.34. The summed E-state index contributed by atoms with van der Waals surface area (Å²) in [6, 6.07) is 18.9. The zero-order valence-electron chi connectivity index (χ0n) is 11.4. The van der Waals surface area contributed by atoms with Crippen molar-refractivity contribution in [3.05, 3.63) is 70.8 Å². The van der Waals surface area contributed by atoms with E-state index in [9.17, 15) is 0 Å². The normalized spacial score (nSPS) is 21.0. The van der Waals surface area contributed by atoms with Crippen molar-refractivity contribution in [1.82, 2.24) is 0 Å². The maximum absolute atomic E-state index is 9.10. The Morgan fingerprint density at radius 2 is 1.95 bits per heavy atom. The van der Waals surface area contributed by atoms with Crippen LogP contribution in [0.4, 0.5) is 0 Å². The lowest BCUT2D eigenvalue weighted by molar-refractivity contribution is 0.467. The summed E-state index contributed by atoms with van der Waals surface area (Å²) in [5.41, 5.74) is 11.0. The highest BCUT2D eigenvalue weighted by molar-refractivity contribution is 5.43. The van der Waals surface area contributed by atoms with Gasteiger partial charge in [-0.15, -0.1) is 0 Å². The van der Waals surface area contributed by atoms with Crippen LogP contribution in [0.1, 0.15) is 34.6 Å². The first-order valence-electron chi connectivity index (χ1n) is 7.10. The first kappa shape index (κ1) is 12.9. The molecule has 2 nitrogen and oxygen atoms in total. The molecule has 0 spiro atoms. The molecular formula is C18H18N2. The van der Waals surface area contributed by atoms with Gasteiger partial charge in [0, 0.05) is 12.0 Å². The molecule has 2 aromatic rings. The molecule has 1 aliphatic carbocycles. The van der Waals surface area contributed by atoms with Gasteiger partial charge in [-0.05, 0) is 48.1 Å². The van der Waals surface area contributed by atoms with Gasteiger partial charge >= 0.3 is 0 Å². The molecule has 3 rings (SSSR count). The number of hydrogen-bond donors (Lipinski definition) is 1. The first-order chi connectivity index (χ1) is 9.78. The van der Waals surface area contributed by atoms with E-state index >= 15 is 0 Å².